The van der Waals surface area contributed by atoms with E-state index in [2.05, 4.69) is 39.9 Å². The standard InChI is InChI=1S/C17H18N2O/c1-13-18-17-15(9-6-10-16(17)19(13)2)12-20-11-14-7-4-3-5-8-14/h3-10H,11-12H2,1-2H3. The number of aromatic nitrogens is 2. The number of imidazole rings is 1. The maximum Gasteiger partial charge on any atom is 0.106 e. The third-order valence-electron chi connectivity index (χ3n) is 3.59. The quantitative estimate of drug-likeness (QED) is 0.721. The molecule has 0 amide bonds. The Morgan fingerprint density at radius 1 is 1.00 bits per heavy atom. The van der Waals surface area contributed by atoms with Gasteiger partial charge in [0.1, 0.15) is 5.82 Å². The summed E-state index contributed by atoms with van der Waals surface area (Å²) in [5.74, 6) is 1.02. The van der Waals surface area contributed by atoms with Gasteiger partial charge >= 0.3 is 0 Å². The van der Waals surface area contributed by atoms with Gasteiger partial charge < -0.3 is 9.30 Å². The normalized spacial score (nSPS) is 11.1. The van der Waals surface area contributed by atoms with Crippen molar-refractivity contribution >= 4 is 11.0 Å². The highest BCUT2D eigenvalue weighted by Gasteiger charge is 2.08. The molecule has 1 aromatic heterocycles. The van der Waals surface area contributed by atoms with Crippen molar-refractivity contribution in [3.8, 4) is 0 Å². The second kappa shape index (κ2) is 5.47. The lowest BCUT2D eigenvalue weighted by atomic mass is 10.2. The summed E-state index contributed by atoms with van der Waals surface area (Å²) in [6.07, 6.45) is 0. The summed E-state index contributed by atoms with van der Waals surface area (Å²) in [5, 5.41) is 0. The van der Waals surface area contributed by atoms with Crippen molar-refractivity contribution in [2.45, 2.75) is 20.1 Å². The van der Waals surface area contributed by atoms with Gasteiger partial charge in [0.2, 0.25) is 0 Å². The summed E-state index contributed by atoms with van der Waals surface area (Å²) < 4.78 is 7.92. The minimum atomic E-state index is 0.586. The number of para-hydroxylation sites is 1. The average molecular weight is 266 g/mol. The van der Waals surface area contributed by atoms with Crippen LogP contribution in [-0.2, 0) is 25.0 Å². The van der Waals surface area contributed by atoms with Crippen LogP contribution in [0.4, 0.5) is 0 Å². The highest BCUT2D eigenvalue weighted by Crippen LogP contribution is 2.20. The van der Waals surface area contributed by atoms with E-state index in [4.69, 9.17) is 4.74 Å². The minimum absolute atomic E-state index is 0.586. The fourth-order valence-corrected chi connectivity index (χ4v) is 2.36. The zero-order valence-corrected chi connectivity index (χ0v) is 11.8. The molecule has 0 bridgehead atoms. The average Bonchev–Trinajstić information content (AvgIpc) is 2.77. The van der Waals surface area contributed by atoms with Gasteiger partial charge in [0, 0.05) is 12.6 Å². The number of ether oxygens (including phenoxy) is 1. The first-order valence-electron chi connectivity index (χ1n) is 6.78. The molecule has 0 saturated heterocycles. The van der Waals surface area contributed by atoms with Crippen LogP contribution in [0.1, 0.15) is 17.0 Å². The maximum atomic E-state index is 5.81. The third-order valence-corrected chi connectivity index (χ3v) is 3.59. The molecule has 3 rings (SSSR count). The van der Waals surface area contributed by atoms with E-state index < -0.39 is 0 Å². The molecule has 0 unspecified atom stereocenters. The summed E-state index contributed by atoms with van der Waals surface area (Å²) in [7, 11) is 2.04. The molecule has 0 aliphatic heterocycles. The van der Waals surface area contributed by atoms with Crippen LogP contribution in [0.3, 0.4) is 0 Å². The predicted molar refractivity (Wildman–Crippen MR) is 80.4 cm³/mol. The van der Waals surface area contributed by atoms with Crippen LogP contribution in [0.5, 0.6) is 0 Å². The summed E-state index contributed by atoms with van der Waals surface area (Å²) in [4.78, 5) is 4.62. The molecule has 3 aromatic rings. The molecule has 1 heterocycles. The molecule has 0 spiro atoms. The molecule has 20 heavy (non-hydrogen) atoms. The fourth-order valence-electron chi connectivity index (χ4n) is 2.36. The molecule has 0 atom stereocenters. The summed E-state index contributed by atoms with van der Waals surface area (Å²) in [5.41, 5.74) is 4.53. The molecule has 102 valence electrons. The van der Waals surface area contributed by atoms with Crippen LogP contribution >= 0.6 is 0 Å². The Labute approximate surface area is 118 Å². The lowest BCUT2D eigenvalue weighted by Crippen LogP contribution is -1.95. The van der Waals surface area contributed by atoms with E-state index in [9.17, 15) is 0 Å². The molecule has 0 radical (unpaired) electrons. The van der Waals surface area contributed by atoms with Crippen LogP contribution in [0, 0.1) is 6.92 Å². The highest BCUT2D eigenvalue weighted by atomic mass is 16.5. The second-order valence-electron chi connectivity index (χ2n) is 4.98. The Morgan fingerprint density at radius 2 is 1.80 bits per heavy atom. The van der Waals surface area contributed by atoms with Gasteiger partial charge in [0.25, 0.3) is 0 Å². The first-order valence-corrected chi connectivity index (χ1v) is 6.78. The van der Waals surface area contributed by atoms with Crippen molar-refractivity contribution in [2.75, 3.05) is 0 Å². The first-order chi connectivity index (χ1) is 9.75. The Balaban J connectivity index is 1.76. The number of fused-ring (bicyclic) bond motifs is 1. The smallest absolute Gasteiger partial charge is 0.106 e. The van der Waals surface area contributed by atoms with Crippen molar-refractivity contribution in [3.05, 3.63) is 65.5 Å². The summed E-state index contributed by atoms with van der Waals surface area (Å²) in [6.45, 7) is 3.24. The Morgan fingerprint density at radius 3 is 2.60 bits per heavy atom. The van der Waals surface area contributed by atoms with Gasteiger partial charge in [-0.1, -0.05) is 42.5 Å². The van der Waals surface area contributed by atoms with Gasteiger partial charge in [-0.3, -0.25) is 0 Å². The van der Waals surface area contributed by atoms with Crippen LogP contribution in [0.2, 0.25) is 0 Å². The molecule has 0 aliphatic rings. The topological polar surface area (TPSA) is 27.1 Å². The van der Waals surface area contributed by atoms with Crippen molar-refractivity contribution in [1.82, 2.24) is 9.55 Å². The Bertz CT molecular complexity index is 716. The predicted octanol–water partition coefficient (Wildman–Crippen LogP) is 3.60. The van der Waals surface area contributed by atoms with Gasteiger partial charge in [-0.05, 0) is 18.6 Å². The number of aryl methyl sites for hydroxylation is 2. The van der Waals surface area contributed by atoms with E-state index >= 15 is 0 Å². The number of benzene rings is 2. The number of hydrogen-bond donors (Lipinski definition) is 0. The van der Waals surface area contributed by atoms with Gasteiger partial charge in [0.15, 0.2) is 0 Å². The lowest BCUT2D eigenvalue weighted by Gasteiger charge is -2.05. The van der Waals surface area contributed by atoms with E-state index in [1.54, 1.807) is 0 Å². The SMILES string of the molecule is Cc1nc2c(COCc3ccccc3)cccc2n1C. The summed E-state index contributed by atoms with van der Waals surface area (Å²) in [6, 6.07) is 16.5. The molecule has 0 saturated carbocycles. The molecular weight excluding hydrogens is 248 g/mol. The highest BCUT2D eigenvalue weighted by molar-refractivity contribution is 5.79. The number of hydrogen-bond acceptors (Lipinski definition) is 2. The van der Waals surface area contributed by atoms with Crippen molar-refractivity contribution in [3.63, 3.8) is 0 Å². The van der Waals surface area contributed by atoms with E-state index in [1.807, 2.05) is 32.2 Å². The van der Waals surface area contributed by atoms with Crippen LogP contribution in [0.25, 0.3) is 11.0 Å². The van der Waals surface area contributed by atoms with Gasteiger partial charge in [-0.2, -0.15) is 0 Å². The van der Waals surface area contributed by atoms with E-state index in [0.717, 1.165) is 22.4 Å². The first kappa shape index (κ1) is 12.9. The molecule has 3 heteroatoms. The fraction of sp³-hybridized carbons (Fsp3) is 0.235. The van der Waals surface area contributed by atoms with Gasteiger partial charge in [0.05, 0.1) is 24.2 Å². The van der Waals surface area contributed by atoms with Crippen molar-refractivity contribution in [1.29, 1.82) is 0 Å². The van der Waals surface area contributed by atoms with Crippen molar-refractivity contribution in [2.24, 2.45) is 7.05 Å². The molecule has 0 N–H and O–H groups in total. The largest absolute Gasteiger partial charge is 0.372 e. The Hall–Kier alpha value is -2.13. The molecular formula is C17H18N2O. The lowest BCUT2D eigenvalue weighted by molar-refractivity contribution is 0.108. The monoisotopic (exact) mass is 266 g/mol. The third kappa shape index (κ3) is 2.45. The van der Waals surface area contributed by atoms with E-state index in [0.29, 0.717) is 13.2 Å². The number of rotatable bonds is 4. The maximum absolute atomic E-state index is 5.81. The second-order valence-corrected chi connectivity index (χ2v) is 4.98. The molecule has 3 nitrogen and oxygen atoms in total. The van der Waals surface area contributed by atoms with Crippen LogP contribution < -0.4 is 0 Å². The van der Waals surface area contributed by atoms with Crippen LogP contribution in [0.15, 0.2) is 48.5 Å². The van der Waals surface area contributed by atoms with Gasteiger partial charge in [-0.15, -0.1) is 0 Å². The number of nitrogens with zero attached hydrogens (tertiary/aromatic N) is 2. The van der Waals surface area contributed by atoms with Crippen molar-refractivity contribution < 1.29 is 4.74 Å². The zero-order valence-electron chi connectivity index (χ0n) is 11.8. The molecule has 0 aliphatic carbocycles. The van der Waals surface area contributed by atoms with E-state index in [-0.39, 0.29) is 0 Å². The Kier molecular flexibility index (Phi) is 3.52. The zero-order chi connectivity index (χ0) is 13.9. The summed E-state index contributed by atoms with van der Waals surface area (Å²) >= 11 is 0. The van der Waals surface area contributed by atoms with E-state index in [1.165, 1.54) is 5.56 Å². The molecule has 2 aromatic carbocycles. The van der Waals surface area contributed by atoms with Crippen LogP contribution in [-0.4, -0.2) is 9.55 Å². The van der Waals surface area contributed by atoms with Gasteiger partial charge in [-0.25, -0.2) is 4.98 Å². The molecule has 0 fully saturated rings. The minimum Gasteiger partial charge on any atom is -0.372 e.